The molecule has 0 bridgehead atoms. The topological polar surface area (TPSA) is 83.0 Å². The minimum absolute atomic E-state index is 0.195. The Morgan fingerprint density at radius 2 is 2.36 bits per heavy atom. The van der Waals surface area contributed by atoms with Crippen LogP contribution in [-0.4, -0.2) is 28.0 Å². The van der Waals surface area contributed by atoms with Crippen LogP contribution in [0.25, 0.3) is 0 Å². The molecule has 78 valence electrons. The van der Waals surface area contributed by atoms with Crippen LogP contribution in [0.4, 0.5) is 0 Å². The average molecular weight is 198 g/mol. The van der Waals surface area contributed by atoms with E-state index >= 15 is 0 Å². The van der Waals surface area contributed by atoms with Gasteiger partial charge in [0.05, 0.1) is 12.3 Å². The van der Waals surface area contributed by atoms with E-state index in [1.165, 1.54) is 0 Å². The number of ether oxygens (including phenoxy) is 1. The quantitative estimate of drug-likeness (QED) is 0.718. The fraction of sp³-hybridized carbons (Fsp3) is 0.625. The van der Waals surface area contributed by atoms with Crippen molar-refractivity contribution in [3.05, 3.63) is 11.4 Å². The van der Waals surface area contributed by atoms with Gasteiger partial charge in [0, 0.05) is 13.7 Å². The second kappa shape index (κ2) is 4.71. The van der Waals surface area contributed by atoms with Crippen LogP contribution in [0.15, 0.2) is 0 Å². The van der Waals surface area contributed by atoms with Crippen LogP contribution in [-0.2, 0) is 17.9 Å². The largest absolute Gasteiger partial charge is 0.378 e. The van der Waals surface area contributed by atoms with Crippen LogP contribution >= 0.6 is 0 Å². The molecule has 1 rings (SSSR count). The third kappa shape index (κ3) is 2.08. The Morgan fingerprint density at radius 1 is 1.64 bits per heavy atom. The first kappa shape index (κ1) is 10.6. The molecular weight excluding hydrogens is 184 g/mol. The zero-order chi connectivity index (χ0) is 10.6. The lowest BCUT2D eigenvalue weighted by molar-refractivity contribution is 0.0989. The molecule has 1 amide bonds. The number of nitrogens with two attached hydrogens (primary N) is 1. The van der Waals surface area contributed by atoms with Crippen molar-refractivity contribution in [1.29, 1.82) is 0 Å². The molecular formula is C8H14N4O2. The Bertz CT molecular complexity index is 321. The summed E-state index contributed by atoms with van der Waals surface area (Å²) in [6.07, 6.45) is 0.915. The molecule has 1 aromatic heterocycles. The molecule has 6 heteroatoms. The Kier molecular flexibility index (Phi) is 3.58. The van der Waals surface area contributed by atoms with Gasteiger partial charge in [0.15, 0.2) is 5.69 Å². The summed E-state index contributed by atoms with van der Waals surface area (Å²) in [5, 5.41) is 7.54. The van der Waals surface area contributed by atoms with Gasteiger partial charge in [0.25, 0.3) is 5.91 Å². The molecule has 0 aliphatic carbocycles. The molecule has 0 aliphatic heterocycles. The van der Waals surface area contributed by atoms with Crippen molar-refractivity contribution in [2.45, 2.75) is 26.5 Å². The summed E-state index contributed by atoms with van der Waals surface area (Å²) >= 11 is 0. The van der Waals surface area contributed by atoms with Gasteiger partial charge in [-0.25, -0.2) is 4.68 Å². The van der Waals surface area contributed by atoms with Crippen molar-refractivity contribution in [3.8, 4) is 0 Å². The third-order valence-corrected chi connectivity index (χ3v) is 1.79. The van der Waals surface area contributed by atoms with Crippen molar-refractivity contribution < 1.29 is 9.53 Å². The number of carbonyl (C=O) groups is 1. The molecule has 0 saturated heterocycles. The highest BCUT2D eigenvalue weighted by Gasteiger charge is 2.16. The second-order valence-corrected chi connectivity index (χ2v) is 2.91. The van der Waals surface area contributed by atoms with Gasteiger partial charge in [-0.2, -0.15) is 0 Å². The minimum Gasteiger partial charge on any atom is -0.378 e. The van der Waals surface area contributed by atoms with Crippen molar-refractivity contribution in [3.63, 3.8) is 0 Å². The van der Waals surface area contributed by atoms with E-state index in [4.69, 9.17) is 10.5 Å². The molecule has 0 saturated carbocycles. The number of nitrogens with zero attached hydrogens (tertiary/aromatic N) is 3. The van der Waals surface area contributed by atoms with Gasteiger partial charge in [-0.3, -0.25) is 4.79 Å². The smallest absolute Gasteiger partial charge is 0.271 e. The summed E-state index contributed by atoms with van der Waals surface area (Å²) < 4.78 is 6.60. The summed E-state index contributed by atoms with van der Waals surface area (Å²) in [6.45, 7) is 3.02. The summed E-state index contributed by atoms with van der Waals surface area (Å²) in [7, 11) is 1.55. The van der Waals surface area contributed by atoms with Gasteiger partial charge in [0.2, 0.25) is 0 Å². The van der Waals surface area contributed by atoms with Crippen molar-refractivity contribution in [1.82, 2.24) is 15.0 Å². The fourth-order valence-corrected chi connectivity index (χ4v) is 1.20. The number of hydrogen-bond acceptors (Lipinski definition) is 4. The number of primary amides is 1. The summed E-state index contributed by atoms with van der Waals surface area (Å²) in [6, 6.07) is 0. The molecule has 6 nitrogen and oxygen atoms in total. The van der Waals surface area contributed by atoms with E-state index in [9.17, 15) is 4.79 Å². The molecule has 2 N–H and O–H groups in total. The van der Waals surface area contributed by atoms with E-state index in [0.717, 1.165) is 6.42 Å². The summed E-state index contributed by atoms with van der Waals surface area (Å²) in [5.74, 6) is -0.570. The summed E-state index contributed by atoms with van der Waals surface area (Å²) in [4.78, 5) is 11.0. The Labute approximate surface area is 82.0 Å². The van der Waals surface area contributed by atoms with Crippen LogP contribution in [0.2, 0.25) is 0 Å². The normalized spacial score (nSPS) is 10.4. The van der Waals surface area contributed by atoms with E-state index in [2.05, 4.69) is 10.3 Å². The van der Waals surface area contributed by atoms with Crippen molar-refractivity contribution in [2.24, 2.45) is 5.73 Å². The predicted molar refractivity (Wildman–Crippen MR) is 49.5 cm³/mol. The maximum atomic E-state index is 11.0. The first-order valence-corrected chi connectivity index (χ1v) is 4.41. The zero-order valence-electron chi connectivity index (χ0n) is 8.36. The number of aromatic nitrogens is 3. The lowest BCUT2D eigenvalue weighted by Gasteiger charge is -2.03. The molecule has 14 heavy (non-hydrogen) atoms. The molecule has 0 aliphatic rings. The molecule has 0 fully saturated rings. The maximum Gasteiger partial charge on any atom is 0.271 e. The predicted octanol–water partition coefficient (Wildman–Crippen LogP) is -0.0666. The van der Waals surface area contributed by atoms with Crippen LogP contribution in [0, 0.1) is 0 Å². The zero-order valence-corrected chi connectivity index (χ0v) is 8.36. The molecule has 0 atom stereocenters. The van der Waals surface area contributed by atoms with Gasteiger partial charge < -0.3 is 10.5 Å². The van der Waals surface area contributed by atoms with Crippen LogP contribution in [0.1, 0.15) is 29.5 Å². The number of hydrogen-bond donors (Lipinski definition) is 1. The number of aryl methyl sites for hydroxylation is 1. The third-order valence-electron chi connectivity index (χ3n) is 1.79. The lowest BCUT2D eigenvalue weighted by Crippen LogP contribution is -2.15. The Hall–Kier alpha value is -1.43. The molecule has 1 aromatic rings. The number of amides is 1. The lowest BCUT2D eigenvalue weighted by atomic mass is 10.3. The fourth-order valence-electron chi connectivity index (χ4n) is 1.20. The second-order valence-electron chi connectivity index (χ2n) is 2.91. The number of rotatable bonds is 5. The Morgan fingerprint density at radius 3 is 2.86 bits per heavy atom. The number of carbonyl (C=O) groups excluding carboxylic acids is 1. The van der Waals surface area contributed by atoms with E-state index in [1.54, 1.807) is 11.8 Å². The van der Waals surface area contributed by atoms with Gasteiger partial charge in [-0.1, -0.05) is 12.1 Å². The molecule has 0 unspecified atom stereocenters. The Balaban J connectivity index is 3.00. The van der Waals surface area contributed by atoms with E-state index < -0.39 is 5.91 Å². The van der Waals surface area contributed by atoms with Gasteiger partial charge in [-0.15, -0.1) is 5.10 Å². The van der Waals surface area contributed by atoms with Gasteiger partial charge in [0.1, 0.15) is 0 Å². The first-order chi connectivity index (χ1) is 6.70. The van der Waals surface area contributed by atoms with Crippen LogP contribution in [0.3, 0.4) is 0 Å². The number of methoxy groups -OCH3 is 1. The molecule has 0 radical (unpaired) electrons. The molecule has 1 heterocycles. The SMILES string of the molecule is CCCn1nnc(C(N)=O)c1COC. The van der Waals surface area contributed by atoms with Crippen LogP contribution < -0.4 is 5.73 Å². The van der Waals surface area contributed by atoms with Crippen LogP contribution in [0.5, 0.6) is 0 Å². The van der Waals surface area contributed by atoms with Gasteiger partial charge >= 0.3 is 0 Å². The molecule has 0 aromatic carbocycles. The highest BCUT2D eigenvalue weighted by atomic mass is 16.5. The van der Waals surface area contributed by atoms with Gasteiger partial charge in [-0.05, 0) is 6.42 Å². The van der Waals surface area contributed by atoms with E-state index in [0.29, 0.717) is 18.8 Å². The minimum atomic E-state index is -0.570. The first-order valence-electron chi connectivity index (χ1n) is 4.41. The standard InChI is InChI=1S/C8H14N4O2/c1-3-4-12-6(5-14-2)7(8(9)13)10-11-12/h3-5H2,1-2H3,(H2,9,13). The maximum absolute atomic E-state index is 11.0. The summed E-state index contributed by atoms with van der Waals surface area (Å²) in [5.41, 5.74) is 5.98. The van der Waals surface area contributed by atoms with E-state index in [1.807, 2.05) is 6.92 Å². The highest BCUT2D eigenvalue weighted by Crippen LogP contribution is 2.06. The van der Waals surface area contributed by atoms with Crippen molar-refractivity contribution in [2.75, 3.05) is 7.11 Å². The molecule has 0 spiro atoms. The average Bonchev–Trinajstić information content (AvgIpc) is 2.50. The van der Waals surface area contributed by atoms with Crippen molar-refractivity contribution >= 4 is 5.91 Å². The highest BCUT2D eigenvalue weighted by molar-refractivity contribution is 5.91. The monoisotopic (exact) mass is 198 g/mol. The van der Waals surface area contributed by atoms with E-state index in [-0.39, 0.29) is 5.69 Å².